The number of anilines is 1. The first kappa shape index (κ1) is 38.9. The number of nitrogens with zero attached hydrogens (tertiary/aromatic N) is 1. The number of benzene rings is 1. The fraction of sp³-hybridized carbons (Fsp3) is 0.500. The topological polar surface area (TPSA) is 246 Å². The first-order valence-corrected chi connectivity index (χ1v) is 15.7. The molecular weight excluding hydrogens is 626 g/mol. The molecule has 0 radical (unpaired) electrons. The van der Waals surface area contributed by atoms with Crippen molar-refractivity contribution in [2.45, 2.75) is 77.9 Å². The van der Waals surface area contributed by atoms with Gasteiger partial charge >= 0.3 is 12.0 Å². The Kier molecular flexibility index (Phi) is 15.2. The molecule has 16 heteroatoms. The van der Waals surface area contributed by atoms with E-state index in [1.807, 2.05) is 12.1 Å². The van der Waals surface area contributed by atoms with Crippen LogP contribution in [0.2, 0.25) is 0 Å². The Morgan fingerprint density at radius 1 is 0.812 bits per heavy atom. The summed E-state index contributed by atoms with van der Waals surface area (Å²) >= 11 is 0. The van der Waals surface area contributed by atoms with E-state index in [4.69, 9.17) is 5.73 Å². The maximum absolute atomic E-state index is 13.5. The maximum atomic E-state index is 13.5. The zero-order valence-electron chi connectivity index (χ0n) is 27.5. The van der Waals surface area contributed by atoms with E-state index in [-0.39, 0.29) is 25.8 Å². The van der Waals surface area contributed by atoms with Gasteiger partial charge in [0.1, 0.15) is 24.7 Å². The molecule has 1 aliphatic heterocycles. The number of carboxylic acid groups (broad SMARTS) is 1. The van der Waals surface area contributed by atoms with E-state index in [1.54, 1.807) is 26.0 Å². The minimum absolute atomic E-state index is 0.0993. The highest BCUT2D eigenvalue weighted by Crippen LogP contribution is 2.15. The molecule has 1 aliphatic rings. The average Bonchev–Trinajstić information content (AvgIpc) is 3.31. The molecule has 1 aromatic carbocycles. The molecule has 0 spiro atoms. The van der Waals surface area contributed by atoms with Crippen molar-refractivity contribution in [3.8, 4) is 0 Å². The number of carbonyl (C=O) groups excluding carboxylic acids is 7. The van der Waals surface area contributed by atoms with Crippen LogP contribution in [0.4, 0.5) is 10.5 Å². The molecule has 262 valence electrons. The van der Waals surface area contributed by atoms with Gasteiger partial charge in [0.05, 0.1) is 0 Å². The third kappa shape index (κ3) is 13.2. The molecule has 1 heterocycles. The molecule has 1 aromatic rings. The minimum Gasteiger partial charge on any atom is -0.481 e. The highest BCUT2D eigenvalue weighted by atomic mass is 16.4. The van der Waals surface area contributed by atoms with Gasteiger partial charge in [-0.2, -0.15) is 0 Å². The summed E-state index contributed by atoms with van der Waals surface area (Å²) in [5.41, 5.74) is 6.72. The summed E-state index contributed by atoms with van der Waals surface area (Å²) in [6.45, 7) is 6.90. The lowest BCUT2D eigenvalue weighted by molar-refractivity contribution is -0.141. The summed E-state index contributed by atoms with van der Waals surface area (Å²) in [5, 5.41) is 21.9. The number of nitrogens with two attached hydrogens (primary N) is 1. The summed E-state index contributed by atoms with van der Waals surface area (Å²) in [6, 6.07) is 2.79. The number of urea groups is 1. The van der Waals surface area contributed by atoms with Gasteiger partial charge in [-0.1, -0.05) is 39.8 Å². The van der Waals surface area contributed by atoms with Crippen LogP contribution in [-0.4, -0.2) is 88.7 Å². The van der Waals surface area contributed by atoms with Crippen LogP contribution in [-0.2, 0) is 40.0 Å². The number of rotatable bonds is 19. The van der Waals surface area contributed by atoms with Crippen molar-refractivity contribution < 1.29 is 43.5 Å². The molecule has 0 saturated heterocycles. The molecule has 2 rings (SSSR count). The van der Waals surface area contributed by atoms with Crippen molar-refractivity contribution in [1.82, 2.24) is 26.2 Å². The summed E-state index contributed by atoms with van der Waals surface area (Å²) in [4.78, 5) is 99.5. The van der Waals surface area contributed by atoms with Crippen LogP contribution in [0.1, 0.15) is 58.9 Å². The number of amides is 8. The molecule has 8 N–H and O–H groups in total. The van der Waals surface area contributed by atoms with Gasteiger partial charge in [-0.15, -0.1) is 0 Å². The quantitative estimate of drug-likeness (QED) is 0.0782. The zero-order chi connectivity index (χ0) is 36.0. The summed E-state index contributed by atoms with van der Waals surface area (Å²) < 4.78 is 0. The molecule has 0 saturated carbocycles. The lowest BCUT2D eigenvalue weighted by atomic mass is 10.0. The molecule has 0 aromatic heterocycles. The molecule has 0 unspecified atom stereocenters. The molecule has 0 bridgehead atoms. The summed E-state index contributed by atoms with van der Waals surface area (Å²) in [6.07, 6.45) is 2.34. The molecule has 0 aliphatic carbocycles. The Bertz CT molecular complexity index is 1370. The molecule has 0 fully saturated rings. The average molecular weight is 672 g/mol. The SMILES string of the molecule is CC(C)Cc1ccc(NC(=O)[C@H](CCCNC(N)=O)NC(=O)[C@@H](NC(=O)[C@H](CCC(=O)O)NC(=O)CN2C(=O)C=CC2=O)C(C)C)cc1. The van der Waals surface area contributed by atoms with Gasteiger partial charge in [0, 0.05) is 30.8 Å². The predicted molar refractivity (Wildman–Crippen MR) is 174 cm³/mol. The Morgan fingerprint density at radius 3 is 1.96 bits per heavy atom. The molecule has 8 amide bonds. The van der Waals surface area contributed by atoms with E-state index in [1.165, 1.54) is 0 Å². The normalized spacial score (nSPS) is 14.3. The van der Waals surface area contributed by atoms with Gasteiger partial charge in [-0.3, -0.25) is 38.5 Å². The number of imide groups is 1. The van der Waals surface area contributed by atoms with Gasteiger partial charge in [-0.25, -0.2) is 4.79 Å². The van der Waals surface area contributed by atoms with Gasteiger partial charge < -0.3 is 37.4 Å². The fourth-order valence-corrected chi connectivity index (χ4v) is 4.77. The Balaban J connectivity index is 2.17. The molecular formula is C32H45N7O9. The lowest BCUT2D eigenvalue weighted by Gasteiger charge is -2.27. The third-order valence-electron chi connectivity index (χ3n) is 7.21. The number of aliphatic carboxylic acids is 1. The van der Waals surface area contributed by atoms with Crippen LogP contribution in [0, 0.1) is 11.8 Å². The summed E-state index contributed by atoms with van der Waals surface area (Å²) in [5.74, 6) is -5.81. The van der Waals surface area contributed by atoms with Crippen molar-refractivity contribution in [2.24, 2.45) is 17.6 Å². The zero-order valence-corrected chi connectivity index (χ0v) is 27.5. The number of carbonyl (C=O) groups is 8. The second-order valence-corrected chi connectivity index (χ2v) is 12.2. The lowest BCUT2D eigenvalue weighted by Crippen LogP contribution is -2.58. The molecule has 48 heavy (non-hydrogen) atoms. The summed E-state index contributed by atoms with van der Waals surface area (Å²) in [7, 11) is 0. The molecule has 3 atom stereocenters. The van der Waals surface area contributed by atoms with Crippen LogP contribution in [0.3, 0.4) is 0 Å². The van der Waals surface area contributed by atoms with Crippen molar-refractivity contribution >= 4 is 53.1 Å². The Hall–Kier alpha value is -5.28. The number of nitrogens with one attached hydrogen (secondary N) is 5. The van der Waals surface area contributed by atoms with Gasteiger partial charge in [0.15, 0.2) is 0 Å². The standard InChI is InChI=1S/C32H45N7O9/c1-18(2)16-20-7-9-21(10-8-20)35-29(45)22(6-5-15-34-32(33)48)37-31(47)28(19(3)4)38-30(46)23(11-14-27(43)44)36-24(40)17-39-25(41)12-13-26(39)42/h7-10,12-13,18-19,22-23,28H,5-6,11,14-17H2,1-4H3,(H,35,45)(H,36,40)(H,37,47)(H,38,46)(H,43,44)(H3,33,34,48)/t22-,23-,28-/m0/s1. The molecule has 16 nitrogen and oxygen atoms in total. The first-order valence-electron chi connectivity index (χ1n) is 15.7. The largest absolute Gasteiger partial charge is 0.481 e. The van der Waals surface area contributed by atoms with Crippen molar-refractivity contribution in [3.05, 3.63) is 42.0 Å². The second kappa shape index (κ2) is 18.8. The highest BCUT2D eigenvalue weighted by molar-refractivity contribution is 6.14. The van der Waals surface area contributed by atoms with Crippen molar-refractivity contribution in [3.63, 3.8) is 0 Å². The third-order valence-corrected chi connectivity index (χ3v) is 7.21. The predicted octanol–water partition coefficient (Wildman–Crippen LogP) is 0.172. The van der Waals surface area contributed by atoms with E-state index in [9.17, 15) is 43.5 Å². The van der Waals surface area contributed by atoms with Gasteiger partial charge in [0.2, 0.25) is 23.6 Å². The monoisotopic (exact) mass is 671 g/mol. The van der Waals surface area contributed by atoms with Crippen molar-refractivity contribution in [1.29, 1.82) is 0 Å². The maximum Gasteiger partial charge on any atom is 0.312 e. The highest BCUT2D eigenvalue weighted by Gasteiger charge is 2.33. The smallest absolute Gasteiger partial charge is 0.312 e. The van der Waals surface area contributed by atoms with Crippen LogP contribution in [0.15, 0.2) is 36.4 Å². The van der Waals surface area contributed by atoms with Crippen LogP contribution in [0.25, 0.3) is 0 Å². The van der Waals surface area contributed by atoms with Gasteiger partial charge in [0.25, 0.3) is 11.8 Å². The number of primary amides is 1. The fourth-order valence-electron chi connectivity index (χ4n) is 4.77. The van der Waals surface area contributed by atoms with E-state index in [2.05, 4.69) is 40.4 Å². The van der Waals surface area contributed by atoms with Crippen LogP contribution >= 0.6 is 0 Å². The minimum atomic E-state index is -1.43. The van der Waals surface area contributed by atoms with Crippen LogP contribution in [0.5, 0.6) is 0 Å². The second-order valence-electron chi connectivity index (χ2n) is 12.2. The Morgan fingerprint density at radius 2 is 1.42 bits per heavy atom. The van der Waals surface area contributed by atoms with E-state index in [0.29, 0.717) is 16.5 Å². The number of hydrogen-bond acceptors (Lipinski definition) is 8. The first-order chi connectivity index (χ1) is 22.6. The Labute approximate surface area is 278 Å². The van der Waals surface area contributed by atoms with Crippen LogP contribution < -0.4 is 32.3 Å². The number of carboxylic acids is 1. The van der Waals surface area contributed by atoms with Crippen molar-refractivity contribution in [2.75, 3.05) is 18.4 Å². The number of hydrogen-bond donors (Lipinski definition) is 7. The van der Waals surface area contributed by atoms with E-state index >= 15 is 0 Å². The van der Waals surface area contributed by atoms with E-state index < -0.39 is 84.5 Å². The van der Waals surface area contributed by atoms with E-state index in [0.717, 1.165) is 24.1 Å². The van der Waals surface area contributed by atoms with Gasteiger partial charge in [-0.05, 0) is 55.2 Å².